The van der Waals surface area contributed by atoms with Gasteiger partial charge in [-0.2, -0.15) is 0 Å². The highest BCUT2D eigenvalue weighted by atomic mass is 16.5. The summed E-state index contributed by atoms with van der Waals surface area (Å²) in [5, 5.41) is 6.06. The standard InChI is InChI=1S/C41H52N6O7/c1-52-37-24-30-11-14-36(37)54-33-25-34(47(28-33)40(50)29-45-22-23-53-35-10-3-2-9-32(35)27-45)41(51)44-18-4-5-20-46(21-7-19-43-38(48)15-12-30)39(49)16-13-31-8-6-17-42-26-31/h2-3,6,8-11,14,17,24,26,33-34H,4-5,7,12-13,15-16,18-23,25,27-29H2,1H3,(H,43,48)(H,44,51)/t33-,34-/m0/s1. The lowest BCUT2D eigenvalue weighted by molar-refractivity contribution is -0.139. The molecule has 0 saturated carbocycles. The number of carbonyl (C=O) groups excluding carboxylic acids is 4. The molecule has 0 spiro atoms. The predicted molar refractivity (Wildman–Crippen MR) is 202 cm³/mol. The molecule has 0 unspecified atom stereocenters. The molecule has 13 nitrogen and oxygen atoms in total. The van der Waals surface area contributed by atoms with Gasteiger partial charge in [0.1, 0.15) is 24.5 Å². The fourth-order valence-corrected chi connectivity index (χ4v) is 7.27. The Morgan fingerprint density at radius 1 is 0.926 bits per heavy atom. The lowest BCUT2D eigenvalue weighted by Gasteiger charge is -2.27. The van der Waals surface area contributed by atoms with Gasteiger partial charge < -0.3 is 34.6 Å². The number of rotatable bonds is 6. The van der Waals surface area contributed by atoms with Crippen molar-refractivity contribution in [1.82, 2.24) is 30.3 Å². The molecule has 1 aromatic heterocycles. The molecule has 2 atom stereocenters. The first-order chi connectivity index (χ1) is 26.4. The molecule has 54 heavy (non-hydrogen) atoms. The summed E-state index contributed by atoms with van der Waals surface area (Å²) in [4.78, 5) is 63.6. The maximum atomic E-state index is 14.0. The van der Waals surface area contributed by atoms with Crippen LogP contribution in [0.4, 0.5) is 0 Å². The number of aryl methyl sites for hydroxylation is 2. The number of fused-ring (bicyclic) bond motifs is 16. The number of pyridine rings is 1. The van der Waals surface area contributed by atoms with Gasteiger partial charge in [-0.3, -0.25) is 29.1 Å². The van der Waals surface area contributed by atoms with Gasteiger partial charge in [-0.1, -0.05) is 30.3 Å². The Labute approximate surface area is 317 Å². The second-order valence-electron chi connectivity index (χ2n) is 14.1. The van der Waals surface area contributed by atoms with Gasteiger partial charge in [-0.05, 0) is 67.5 Å². The number of ether oxygens (including phenoxy) is 3. The van der Waals surface area contributed by atoms with Gasteiger partial charge in [-0.15, -0.1) is 0 Å². The molecule has 7 rings (SSSR count). The summed E-state index contributed by atoms with van der Waals surface area (Å²) in [5.74, 6) is 1.50. The van der Waals surface area contributed by atoms with E-state index in [-0.39, 0.29) is 36.7 Å². The predicted octanol–water partition coefficient (Wildman–Crippen LogP) is 3.14. The van der Waals surface area contributed by atoms with Crippen LogP contribution in [0, 0.1) is 0 Å². The highest BCUT2D eigenvalue weighted by Gasteiger charge is 2.41. The van der Waals surface area contributed by atoms with Crippen LogP contribution in [0.5, 0.6) is 17.2 Å². The van der Waals surface area contributed by atoms with E-state index in [0.717, 1.165) is 22.4 Å². The van der Waals surface area contributed by atoms with Crippen molar-refractivity contribution < 1.29 is 33.4 Å². The lowest BCUT2D eigenvalue weighted by Crippen LogP contribution is -2.49. The number of likely N-dealkylation sites (tertiary alicyclic amines) is 1. The van der Waals surface area contributed by atoms with E-state index in [9.17, 15) is 19.2 Å². The fraction of sp³-hybridized carbons (Fsp3) is 0.488. The molecule has 4 amide bonds. The quantitative estimate of drug-likeness (QED) is 0.390. The smallest absolute Gasteiger partial charge is 0.242 e. The summed E-state index contributed by atoms with van der Waals surface area (Å²) in [6, 6.07) is 16.6. The van der Waals surface area contributed by atoms with Crippen molar-refractivity contribution >= 4 is 23.6 Å². The van der Waals surface area contributed by atoms with Crippen molar-refractivity contribution in [2.24, 2.45) is 0 Å². The van der Waals surface area contributed by atoms with Crippen LogP contribution < -0.4 is 24.8 Å². The summed E-state index contributed by atoms with van der Waals surface area (Å²) in [6.07, 6.45) is 7.15. The molecule has 288 valence electrons. The van der Waals surface area contributed by atoms with E-state index in [0.29, 0.717) is 109 Å². The SMILES string of the molecule is COc1cc2ccc1O[C@H]1C[C@@H](C(=O)NCCCCN(C(=O)CCc3cccnc3)CCCNC(=O)CC2)N(C(=O)CN2CCOc3ccccc3C2)C1. The number of methoxy groups -OCH3 is 1. The van der Waals surface area contributed by atoms with Crippen LogP contribution in [0.25, 0.3) is 0 Å². The largest absolute Gasteiger partial charge is 0.493 e. The van der Waals surface area contributed by atoms with Crippen molar-refractivity contribution in [3.63, 3.8) is 0 Å². The molecule has 2 N–H and O–H groups in total. The number of hydrogen-bond acceptors (Lipinski definition) is 9. The van der Waals surface area contributed by atoms with Gasteiger partial charge in [0.05, 0.1) is 20.2 Å². The number of carbonyl (C=O) groups is 4. The number of benzene rings is 2. The zero-order chi connectivity index (χ0) is 37.7. The van der Waals surface area contributed by atoms with E-state index >= 15 is 0 Å². The van der Waals surface area contributed by atoms with Crippen LogP contribution in [-0.2, 0) is 38.6 Å². The summed E-state index contributed by atoms with van der Waals surface area (Å²) in [6.45, 7) is 3.95. The lowest BCUT2D eigenvalue weighted by atomic mass is 10.1. The van der Waals surface area contributed by atoms with E-state index in [4.69, 9.17) is 14.2 Å². The molecule has 0 aliphatic carbocycles. The Morgan fingerprint density at radius 3 is 2.63 bits per heavy atom. The second kappa shape index (κ2) is 19.2. The van der Waals surface area contributed by atoms with Gasteiger partial charge in [0, 0.05) is 76.5 Å². The van der Waals surface area contributed by atoms with E-state index in [1.54, 1.807) is 24.4 Å². The fourth-order valence-electron chi connectivity index (χ4n) is 7.27. The Hall–Kier alpha value is -5.17. The molecule has 5 heterocycles. The molecule has 1 saturated heterocycles. The molecule has 4 bridgehead atoms. The Morgan fingerprint density at radius 2 is 1.78 bits per heavy atom. The monoisotopic (exact) mass is 740 g/mol. The molecule has 13 heteroatoms. The molecule has 0 radical (unpaired) electrons. The summed E-state index contributed by atoms with van der Waals surface area (Å²) < 4.78 is 18.0. The zero-order valence-corrected chi connectivity index (χ0v) is 31.2. The van der Waals surface area contributed by atoms with Gasteiger partial charge in [0.15, 0.2) is 11.5 Å². The van der Waals surface area contributed by atoms with Crippen LogP contribution in [0.3, 0.4) is 0 Å². The zero-order valence-electron chi connectivity index (χ0n) is 31.2. The van der Waals surface area contributed by atoms with E-state index in [1.807, 2.05) is 59.5 Å². The van der Waals surface area contributed by atoms with Gasteiger partial charge in [0.2, 0.25) is 23.6 Å². The maximum Gasteiger partial charge on any atom is 0.242 e. The molecule has 4 aliphatic rings. The van der Waals surface area contributed by atoms with Crippen LogP contribution >= 0.6 is 0 Å². The molecule has 4 aliphatic heterocycles. The van der Waals surface area contributed by atoms with Crippen molar-refractivity contribution in [2.75, 3.05) is 59.5 Å². The van der Waals surface area contributed by atoms with Crippen molar-refractivity contribution in [3.8, 4) is 17.2 Å². The van der Waals surface area contributed by atoms with Crippen molar-refractivity contribution in [2.45, 2.75) is 70.1 Å². The van der Waals surface area contributed by atoms with Gasteiger partial charge >= 0.3 is 0 Å². The Kier molecular flexibility index (Phi) is 13.7. The summed E-state index contributed by atoms with van der Waals surface area (Å²) in [7, 11) is 1.57. The summed E-state index contributed by atoms with van der Waals surface area (Å²) in [5.41, 5.74) is 2.95. The first kappa shape index (κ1) is 38.6. The topological polar surface area (TPSA) is 143 Å². The van der Waals surface area contributed by atoms with E-state index in [2.05, 4.69) is 20.5 Å². The third-order valence-corrected chi connectivity index (χ3v) is 10.2. The van der Waals surface area contributed by atoms with Crippen LogP contribution in [0.1, 0.15) is 55.2 Å². The van der Waals surface area contributed by atoms with Gasteiger partial charge in [0.25, 0.3) is 0 Å². The minimum absolute atomic E-state index is 0.0478. The average molecular weight is 741 g/mol. The number of amides is 4. The van der Waals surface area contributed by atoms with Crippen LogP contribution in [0.2, 0.25) is 0 Å². The van der Waals surface area contributed by atoms with E-state index in [1.165, 1.54) is 0 Å². The molecular formula is C41H52N6O7. The number of para-hydroxylation sites is 1. The second-order valence-corrected chi connectivity index (χ2v) is 14.1. The van der Waals surface area contributed by atoms with Crippen LogP contribution in [0.15, 0.2) is 67.0 Å². The number of hydrogen-bond donors (Lipinski definition) is 2. The normalized spacial score (nSPS) is 20.5. The number of nitrogens with zero attached hydrogens (tertiary/aromatic N) is 4. The number of nitrogens with one attached hydrogen (secondary N) is 2. The average Bonchev–Trinajstić information content (AvgIpc) is 3.50. The Bertz CT molecular complexity index is 1740. The van der Waals surface area contributed by atoms with E-state index < -0.39 is 12.1 Å². The highest BCUT2D eigenvalue weighted by molar-refractivity contribution is 5.89. The first-order valence-electron chi connectivity index (χ1n) is 19.1. The molecule has 2 aromatic carbocycles. The van der Waals surface area contributed by atoms with Crippen LogP contribution in [-0.4, -0.2) is 115 Å². The highest BCUT2D eigenvalue weighted by Crippen LogP contribution is 2.32. The third kappa shape index (κ3) is 10.7. The first-order valence-corrected chi connectivity index (χ1v) is 19.1. The summed E-state index contributed by atoms with van der Waals surface area (Å²) >= 11 is 0. The maximum absolute atomic E-state index is 14.0. The van der Waals surface area contributed by atoms with Crippen molar-refractivity contribution in [3.05, 3.63) is 83.7 Å². The minimum atomic E-state index is -0.704. The number of aromatic nitrogens is 1. The molecule has 3 aromatic rings. The molecular weight excluding hydrogens is 688 g/mol. The third-order valence-electron chi connectivity index (χ3n) is 10.2. The Balaban J connectivity index is 1.14. The van der Waals surface area contributed by atoms with Crippen molar-refractivity contribution in [1.29, 1.82) is 0 Å². The van der Waals surface area contributed by atoms with Gasteiger partial charge in [-0.25, -0.2) is 0 Å². The minimum Gasteiger partial charge on any atom is -0.493 e. The molecule has 1 fully saturated rings.